The van der Waals surface area contributed by atoms with Crippen molar-refractivity contribution in [1.82, 2.24) is 40.9 Å². The monoisotopic (exact) mass is 720 g/mol. The van der Waals surface area contributed by atoms with Gasteiger partial charge < -0.3 is 40.4 Å². The van der Waals surface area contributed by atoms with Gasteiger partial charge in [-0.05, 0) is 44.7 Å². The maximum Gasteiger partial charge on any atom is 0.258 e. The maximum atomic E-state index is 14.0. The van der Waals surface area contributed by atoms with E-state index in [-0.39, 0.29) is 54.9 Å². The van der Waals surface area contributed by atoms with Crippen molar-refractivity contribution in [3.63, 3.8) is 0 Å². The molecular weight excluding hydrogens is 672 g/mol. The number of aromatic nitrogens is 3. The SMILES string of the molecule is COc1ccc(C(=O)N2CCCNC(=O)Cn3nc(-c4ccccc4)nc3[C@H](C)NC(=O)[C@@H](CC(C)C)NC(=O)[C@@H](C)NC(=O)C2)c(OC)c1OC. The highest BCUT2D eigenvalue weighted by Crippen LogP contribution is 2.40. The number of fused-ring (bicyclic) bond motifs is 1. The average Bonchev–Trinajstić information content (AvgIpc) is 3.54. The molecule has 280 valence electrons. The lowest BCUT2D eigenvalue weighted by Gasteiger charge is -2.26. The van der Waals surface area contributed by atoms with E-state index in [0.29, 0.717) is 23.8 Å². The molecule has 0 spiro atoms. The number of ether oxygens (including phenoxy) is 3. The van der Waals surface area contributed by atoms with Crippen molar-refractivity contribution >= 4 is 29.5 Å². The van der Waals surface area contributed by atoms with Crippen molar-refractivity contribution in [3.8, 4) is 28.6 Å². The third kappa shape index (κ3) is 9.76. The van der Waals surface area contributed by atoms with Crippen LogP contribution >= 0.6 is 0 Å². The van der Waals surface area contributed by atoms with Crippen molar-refractivity contribution in [1.29, 1.82) is 0 Å². The molecule has 0 saturated heterocycles. The molecular formula is C36H48N8O8. The molecule has 52 heavy (non-hydrogen) atoms. The first-order valence-corrected chi connectivity index (χ1v) is 17.1. The topological polar surface area (TPSA) is 195 Å². The van der Waals surface area contributed by atoms with E-state index < -0.39 is 48.3 Å². The van der Waals surface area contributed by atoms with E-state index in [9.17, 15) is 24.0 Å². The summed E-state index contributed by atoms with van der Waals surface area (Å²) in [6.07, 6.45) is 0.587. The van der Waals surface area contributed by atoms with E-state index in [4.69, 9.17) is 14.2 Å². The molecule has 2 aromatic carbocycles. The molecule has 1 aliphatic rings. The van der Waals surface area contributed by atoms with Crippen LogP contribution in [-0.2, 0) is 25.7 Å². The van der Waals surface area contributed by atoms with Crippen LogP contribution in [0.2, 0.25) is 0 Å². The van der Waals surface area contributed by atoms with Gasteiger partial charge >= 0.3 is 0 Å². The first-order valence-electron chi connectivity index (χ1n) is 17.1. The van der Waals surface area contributed by atoms with Crippen LogP contribution in [0.15, 0.2) is 42.5 Å². The van der Waals surface area contributed by atoms with Gasteiger partial charge in [0.25, 0.3) is 5.91 Å². The quantitative estimate of drug-likeness (QED) is 0.280. The smallest absolute Gasteiger partial charge is 0.258 e. The Kier molecular flexibility index (Phi) is 13.5. The van der Waals surface area contributed by atoms with Crippen molar-refractivity contribution in [2.45, 2.75) is 65.2 Å². The highest BCUT2D eigenvalue weighted by Gasteiger charge is 2.30. The molecule has 0 saturated carbocycles. The summed E-state index contributed by atoms with van der Waals surface area (Å²) in [5.41, 5.74) is 0.846. The highest BCUT2D eigenvalue weighted by molar-refractivity contribution is 6.00. The minimum Gasteiger partial charge on any atom is -0.493 e. The van der Waals surface area contributed by atoms with E-state index in [1.54, 1.807) is 13.0 Å². The predicted octanol–water partition coefficient (Wildman–Crippen LogP) is 1.85. The largest absolute Gasteiger partial charge is 0.493 e. The zero-order valence-electron chi connectivity index (χ0n) is 30.6. The van der Waals surface area contributed by atoms with Gasteiger partial charge in [-0.3, -0.25) is 24.0 Å². The maximum absolute atomic E-state index is 14.0. The van der Waals surface area contributed by atoms with Crippen molar-refractivity contribution in [3.05, 3.63) is 53.9 Å². The number of nitrogens with zero attached hydrogens (tertiary/aromatic N) is 4. The zero-order chi connectivity index (χ0) is 37.9. The van der Waals surface area contributed by atoms with E-state index >= 15 is 0 Å². The molecule has 3 atom stereocenters. The molecule has 16 heteroatoms. The van der Waals surface area contributed by atoms with Gasteiger partial charge in [0.1, 0.15) is 24.5 Å². The first kappa shape index (κ1) is 39.1. The van der Waals surface area contributed by atoms with Crippen LogP contribution in [0.5, 0.6) is 17.2 Å². The highest BCUT2D eigenvalue weighted by atomic mass is 16.5. The molecule has 0 radical (unpaired) electrons. The second kappa shape index (κ2) is 18.0. The van der Waals surface area contributed by atoms with Gasteiger partial charge in [0.15, 0.2) is 17.3 Å². The predicted molar refractivity (Wildman–Crippen MR) is 191 cm³/mol. The van der Waals surface area contributed by atoms with Crippen molar-refractivity contribution in [2.24, 2.45) is 5.92 Å². The third-order valence-electron chi connectivity index (χ3n) is 8.37. The second-order valence-electron chi connectivity index (χ2n) is 12.8. The van der Waals surface area contributed by atoms with Gasteiger partial charge in [-0.25, -0.2) is 9.67 Å². The lowest BCUT2D eigenvalue weighted by molar-refractivity contribution is -0.132. The molecule has 1 aliphatic heterocycles. The second-order valence-corrected chi connectivity index (χ2v) is 12.8. The van der Waals surface area contributed by atoms with Gasteiger partial charge in [-0.1, -0.05) is 44.2 Å². The molecule has 0 unspecified atom stereocenters. The number of amides is 5. The van der Waals surface area contributed by atoms with Crippen LogP contribution in [0.25, 0.3) is 11.4 Å². The summed E-state index contributed by atoms with van der Waals surface area (Å²) in [6, 6.07) is 9.63. The zero-order valence-corrected chi connectivity index (χ0v) is 30.6. The summed E-state index contributed by atoms with van der Waals surface area (Å²) >= 11 is 0. The summed E-state index contributed by atoms with van der Waals surface area (Å²) in [5, 5.41) is 15.8. The number of carbonyl (C=O) groups is 5. The molecule has 4 rings (SSSR count). The fraction of sp³-hybridized carbons (Fsp3) is 0.472. The van der Waals surface area contributed by atoms with Gasteiger partial charge in [0.05, 0.1) is 39.5 Å². The number of hydrogen-bond donors (Lipinski definition) is 4. The minimum atomic E-state index is -1.04. The molecule has 5 amide bonds. The van der Waals surface area contributed by atoms with E-state index in [1.807, 2.05) is 44.2 Å². The summed E-state index contributed by atoms with van der Waals surface area (Å²) in [4.78, 5) is 73.5. The van der Waals surface area contributed by atoms with Crippen molar-refractivity contribution in [2.75, 3.05) is 41.0 Å². The van der Waals surface area contributed by atoms with E-state index in [2.05, 4.69) is 31.3 Å². The van der Waals surface area contributed by atoms with Gasteiger partial charge in [0, 0.05) is 18.7 Å². The Hall–Kier alpha value is -5.67. The molecule has 0 bridgehead atoms. The van der Waals surface area contributed by atoms with Gasteiger partial charge in [0.2, 0.25) is 29.4 Å². The Balaban J connectivity index is 1.67. The van der Waals surface area contributed by atoms with Crippen LogP contribution in [-0.4, -0.2) is 102 Å². The fourth-order valence-corrected chi connectivity index (χ4v) is 5.79. The van der Waals surface area contributed by atoms with Crippen LogP contribution in [0.4, 0.5) is 0 Å². The van der Waals surface area contributed by atoms with E-state index in [1.165, 1.54) is 43.9 Å². The standard InChI is InChI=1S/C36H48N8O8/c1-21(2)18-26-35(48)39-22(3)33-41-32(24-12-9-8-10-13-24)42-44(33)20-28(45)37-16-11-17-43(19-29(46)38-23(4)34(47)40-26)36(49)25-14-15-27(50-5)31(52-7)30(25)51-6/h8-10,12-15,21-23,26H,11,16-20H2,1-7H3,(H,37,45)(H,38,46)(H,39,48)(H,40,47)/t22-,23+,26+/m0/s1. The van der Waals surface area contributed by atoms with Crippen LogP contribution in [0.3, 0.4) is 0 Å². The molecule has 0 fully saturated rings. The molecule has 1 aromatic heterocycles. The number of methoxy groups -OCH3 is 3. The Bertz CT molecular complexity index is 1750. The van der Waals surface area contributed by atoms with Crippen molar-refractivity contribution < 1.29 is 38.2 Å². The molecule has 16 nitrogen and oxygen atoms in total. The van der Waals surface area contributed by atoms with Crippen LogP contribution in [0.1, 0.15) is 62.8 Å². The number of carbonyl (C=O) groups excluding carboxylic acids is 5. The molecule has 4 N–H and O–H groups in total. The fourth-order valence-electron chi connectivity index (χ4n) is 5.79. The normalized spacial score (nSPS) is 19.5. The summed E-state index contributed by atoms with van der Waals surface area (Å²) in [5.74, 6) is -1.17. The Morgan fingerprint density at radius 3 is 2.21 bits per heavy atom. The molecule has 0 aliphatic carbocycles. The first-order chi connectivity index (χ1) is 24.9. The number of hydrogen-bond acceptors (Lipinski definition) is 10. The Morgan fingerprint density at radius 2 is 1.56 bits per heavy atom. The van der Waals surface area contributed by atoms with Gasteiger partial charge in [-0.2, -0.15) is 5.10 Å². The van der Waals surface area contributed by atoms with E-state index in [0.717, 1.165) is 5.56 Å². The van der Waals surface area contributed by atoms with Crippen LogP contribution < -0.4 is 35.5 Å². The van der Waals surface area contributed by atoms with Crippen LogP contribution in [0, 0.1) is 5.92 Å². The molecule has 2 heterocycles. The van der Waals surface area contributed by atoms with Gasteiger partial charge in [-0.15, -0.1) is 0 Å². The summed E-state index contributed by atoms with van der Waals surface area (Å²) in [7, 11) is 4.25. The average molecular weight is 721 g/mol. The lowest BCUT2D eigenvalue weighted by atomic mass is 10.0. The Labute approximate surface area is 303 Å². The lowest BCUT2D eigenvalue weighted by Crippen LogP contribution is -2.54. The number of nitrogens with one attached hydrogen (secondary N) is 4. The minimum absolute atomic E-state index is 0.0306. The number of rotatable bonds is 7. The third-order valence-corrected chi connectivity index (χ3v) is 8.37. The summed E-state index contributed by atoms with van der Waals surface area (Å²) in [6.45, 7) is 6.66. The Morgan fingerprint density at radius 1 is 0.846 bits per heavy atom. The number of benzene rings is 2. The summed E-state index contributed by atoms with van der Waals surface area (Å²) < 4.78 is 17.8. The molecule has 3 aromatic rings.